The van der Waals surface area contributed by atoms with Crippen LogP contribution in [-0.4, -0.2) is 34.0 Å². The van der Waals surface area contributed by atoms with E-state index in [0.29, 0.717) is 17.3 Å². The first-order chi connectivity index (χ1) is 15.6. The van der Waals surface area contributed by atoms with Gasteiger partial charge < -0.3 is 20.3 Å². The molecular weight excluding hydrogens is 472 g/mol. The number of ether oxygens (including phenoxy) is 1. The molecule has 32 heavy (non-hydrogen) atoms. The average molecular weight is 497 g/mol. The molecule has 8 nitrogen and oxygen atoms in total. The number of anilines is 4. The Morgan fingerprint density at radius 2 is 1.75 bits per heavy atom. The van der Waals surface area contributed by atoms with E-state index in [1.54, 1.807) is 18.4 Å². The number of hydrogen-bond acceptors (Lipinski definition) is 6. The maximum Gasteiger partial charge on any atom is 0.324 e. The molecule has 0 unspecified atom stereocenters. The van der Waals surface area contributed by atoms with Gasteiger partial charge in [0, 0.05) is 35.5 Å². The molecule has 0 spiro atoms. The first-order valence-electron chi connectivity index (χ1n) is 10.2. The highest BCUT2D eigenvalue weighted by molar-refractivity contribution is 9.10. The predicted molar refractivity (Wildman–Crippen MR) is 131 cm³/mol. The Morgan fingerprint density at radius 3 is 2.47 bits per heavy atom. The second-order valence-electron chi connectivity index (χ2n) is 6.62. The number of halogens is 1. The fourth-order valence-electron chi connectivity index (χ4n) is 2.72. The van der Waals surface area contributed by atoms with Crippen molar-refractivity contribution in [3.05, 3.63) is 77.9 Å². The second-order valence-corrected chi connectivity index (χ2v) is 7.48. The lowest BCUT2D eigenvalue weighted by atomic mass is 10.3. The molecule has 3 rings (SSSR count). The zero-order valence-electron chi connectivity index (χ0n) is 17.9. The Labute approximate surface area is 195 Å². The summed E-state index contributed by atoms with van der Waals surface area (Å²) in [5, 5.41) is 8.65. The highest BCUT2D eigenvalue weighted by Crippen LogP contribution is 2.22. The van der Waals surface area contributed by atoms with Crippen molar-refractivity contribution in [1.82, 2.24) is 14.9 Å². The van der Waals surface area contributed by atoms with Gasteiger partial charge in [-0.1, -0.05) is 12.1 Å². The predicted octanol–water partition coefficient (Wildman–Crippen LogP) is 5.82. The number of amides is 2. The van der Waals surface area contributed by atoms with E-state index in [9.17, 15) is 4.79 Å². The molecule has 3 aromatic rings. The highest BCUT2D eigenvalue weighted by atomic mass is 79.9. The molecule has 0 aliphatic rings. The SMILES string of the molecule is CCN(/C=C/Oc1ccc(Nc2cc(NC(=O)Nc3ccccc3Br)ncn2)cc1)CC. The average Bonchev–Trinajstić information content (AvgIpc) is 2.80. The molecule has 0 saturated heterocycles. The molecule has 0 radical (unpaired) electrons. The first kappa shape index (κ1) is 23.1. The second kappa shape index (κ2) is 11.7. The van der Waals surface area contributed by atoms with Gasteiger partial charge in [-0.3, -0.25) is 5.32 Å². The lowest BCUT2D eigenvalue weighted by molar-refractivity contribution is 0.262. The van der Waals surface area contributed by atoms with Gasteiger partial charge in [0.25, 0.3) is 0 Å². The molecular formula is C23H25BrN6O2. The molecule has 0 saturated carbocycles. The van der Waals surface area contributed by atoms with Crippen molar-refractivity contribution in [3.8, 4) is 5.75 Å². The summed E-state index contributed by atoms with van der Waals surface area (Å²) in [5.41, 5.74) is 1.49. The van der Waals surface area contributed by atoms with Crippen LogP contribution in [0.3, 0.4) is 0 Å². The summed E-state index contributed by atoms with van der Waals surface area (Å²) < 4.78 is 6.42. The number of aromatic nitrogens is 2. The van der Waals surface area contributed by atoms with Crippen LogP contribution in [0.5, 0.6) is 5.75 Å². The zero-order chi connectivity index (χ0) is 22.8. The van der Waals surface area contributed by atoms with Crippen LogP contribution < -0.4 is 20.7 Å². The van der Waals surface area contributed by atoms with Crippen LogP contribution >= 0.6 is 15.9 Å². The molecule has 1 aromatic heterocycles. The normalized spacial score (nSPS) is 10.6. The number of hydrogen-bond donors (Lipinski definition) is 3. The molecule has 0 aliphatic heterocycles. The number of rotatable bonds is 9. The summed E-state index contributed by atoms with van der Waals surface area (Å²) in [6.45, 7) is 6.05. The minimum Gasteiger partial charge on any atom is -0.463 e. The third-order valence-electron chi connectivity index (χ3n) is 4.45. The van der Waals surface area contributed by atoms with Crippen LogP contribution in [0.4, 0.5) is 27.8 Å². The summed E-state index contributed by atoms with van der Waals surface area (Å²) in [4.78, 5) is 22.7. The summed E-state index contributed by atoms with van der Waals surface area (Å²) in [6, 6.07) is 16.1. The third kappa shape index (κ3) is 6.98. The van der Waals surface area contributed by atoms with Crippen molar-refractivity contribution in [3.63, 3.8) is 0 Å². The molecule has 1 heterocycles. The summed E-state index contributed by atoms with van der Waals surface area (Å²) in [7, 11) is 0. The summed E-state index contributed by atoms with van der Waals surface area (Å²) in [5.74, 6) is 1.65. The molecule has 9 heteroatoms. The van der Waals surface area contributed by atoms with Crippen molar-refractivity contribution in [2.24, 2.45) is 0 Å². The van der Waals surface area contributed by atoms with Gasteiger partial charge in [0.1, 0.15) is 30.0 Å². The molecule has 2 aromatic carbocycles. The van der Waals surface area contributed by atoms with Gasteiger partial charge >= 0.3 is 6.03 Å². The van der Waals surface area contributed by atoms with Crippen LogP contribution in [0.25, 0.3) is 0 Å². The quantitative estimate of drug-likeness (QED) is 0.323. The molecule has 166 valence electrons. The van der Waals surface area contributed by atoms with Crippen molar-refractivity contribution in [1.29, 1.82) is 0 Å². The minimum absolute atomic E-state index is 0.369. The fourth-order valence-corrected chi connectivity index (χ4v) is 3.10. The van der Waals surface area contributed by atoms with Crippen LogP contribution in [0.15, 0.2) is 77.9 Å². The zero-order valence-corrected chi connectivity index (χ0v) is 19.5. The van der Waals surface area contributed by atoms with Crippen LogP contribution in [-0.2, 0) is 0 Å². The molecule has 0 bridgehead atoms. The van der Waals surface area contributed by atoms with E-state index < -0.39 is 6.03 Å². The van der Waals surface area contributed by atoms with Gasteiger partial charge in [-0.05, 0) is 66.2 Å². The first-order valence-corrected chi connectivity index (χ1v) is 11.0. The lowest BCUT2D eigenvalue weighted by Gasteiger charge is -2.14. The van der Waals surface area contributed by atoms with E-state index in [1.165, 1.54) is 6.33 Å². The Balaban J connectivity index is 1.56. The van der Waals surface area contributed by atoms with E-state index >= 15 is 0 Å². The standard InChI is InChI=1S/C23H25BrN6O2/c1-3-30(4-2)13-14-32-18-11-9-17(10-12-18)27-21-15-22(26-16-25-21)29-23(31)28-20-8-6-5-7-19(20)24/h5-16H,3-4H2,1-2H3,(H3,25,26,27,28,29,31)/b14-13+. The van der Waals surface area contributed by atoms with E-state index in [0.717, 1.165) is 29.0 Å². The van der Waals surface area contributed by atoms with E-state index in [4.69, 9.17) is 4.74 Å². The molecule has 0 aliphatic carbocycles. The summed E-state index contributed by atoms with van der Waals surface area (Å²) >= 11 is 3.40. The Morgan fingerprint density at radius 1 is 1.03 bits per heavy atom. The van der Waals surface area contributed by atoms with Gasteiger partial charge in [0.2, 0.25) is 0 Å². The molecule has 3 N–H and O–H groups in total. The van der Waals surface area contributed by atoms with E-state index in [1.807, 2.05) is 48.7 Å². The van der Waals surface area contributed by atoms with Gasteiger partial charge in [0.05, 0.1) is 5.69 Å². The highest BCUT2D eigenvalue weighted by Gasteiger charge is 2.07. The Bertz CT molecular complexity index is 1050. The monoisotopic (exact) mass is 496 g/mol. The van der Waals surface area contributed by atoms with Gasteiger partial charge in [-0.25, -0.2) is 14.8 Å². The van der Waals surface area contributed by atoms with Crippen molar-refractivity contribution in [2.75, 3.05) is 29.0 Å². The number of nitrogens with one attached hydrogen (secondary N) is 3. The number of carbonyl (C=O) groups is 1. The number of carbonyl (C=O) groups excluding carboxylic acids is 1. The number of benzene rings is 2. The Hall–Kier alpha value is -3.59. The maximum absolute atomic E-state index is 12.3. The van der Waals surface area contributed by atoms with E-state index in [2.05, 4.69) is 60.6 Å². The largest absolute Gasteiger partial charge is 0.463 e. The molecule has 0 fully saturated rings. The van der Waals surface area contributed by atoms with Gasteiger partial charge in [0.15, 0.2) is 0 Å². The number of urea groups is 1. The number of nitrogens with zero attached hydrogens (tertiary/aromatic N) is 3. The van der Waals surface area contributed by atoms with Gasteiger partial charge in [-0.2, -0.15) is 0 Å². The third-order valence-corrected chi connectivity index (χ3v) is 5.14. The molecule has 0 atom stereocenters. The topological polar surface area (TPSA) is 91.4 Å². The van der Waals surface area contributed by atoms with Crippen molar-refractivity contribution < 1.29 is 9.53 Å². The van der Waals surface area contributed by atoms with Crippen molar-refractivity contribution in [2.45, 2.75) is 13.8 Å². The smallest absolute Gasteiger partial charge is 0.324 e. The minimum atomic E-state index is -0.402. The van der Waals surface area contributed by atoms with Gasteiger partial charge in [-0.15, -0.1) is 0 Å². The fraction of sp³-hybridized carbons (Fsp3) is 0.174. The van der Waals surface area contributed by atoms with Crippen LogP contribution in [0, 0.1) is 0 Å². The Kier molecular flexibility index (Phi) is 8.44. The maximum atomic E-state index is 12.3. The van der Waals surface area contributed by atoms with E-state index in [-0.39, 0.29) is 0 Å². The van der Waals surface area contributed by atoms with Crippen LogP contribution in [0.1, 0.15) is 13.8 Å². The summed E-state index contributed by atoms with van der Waals surface area (Å²) in [6.07, 6.45) is 4.98. The van der Waals surface area contributed by atoms with Crippen LogP contribution in [0.2, 0.25) is 0 Å². The van der Waals surface area contributed by atoms with Crippen molar-refractivity contribution >= 4 is 45.0 Å². The molecule has 2 amide bonds. The number of para-hydroxylation sites is 1. The lowest BCUT2D eigenvalue weighted by Crippen LogP contribution is -2.20.